The molecule has 2 nitrogen and oxygen atoms in total. The summed E-state index contributed by atoms with van der Waals surface area (Å²) < 4.78 is 20.2. The molecule has 0 atom stereocenters. The molecule has 0 fully saturated rings. The zero-order valence-corrected chi connectivity index (χ0v) is 9.28. The summed E-state index contributed by atoms with van der Waals surface area (Å²) in [5.74, 6) is 0. The Bertz CT molecular complexity index is 209. The van der Waals surface area contributed by atoms with Gasteiger partial charge in [-0.2, -0.15) is 8.42 Å². The zero-order valence-electron chi connectivity index (χ0n) is 8.46. The summed E-state index contributed by atoms with van der Waals surface area (Å²) in [7, 11) is -1.95. The molecule has 0 aliphatic carbocycles. The fourth-order valence-electron chi connectivity index (χ4n) is 1.28. The summed E-state index contributed by atoms with van der Waals surface area (Å²) in [4.78, 5) is 0. The lowest BCUT2D eigenvalue weighted by atomic mass is 10.1. The van der Waals surface area contributed by atoms with Gasteiger partial charge in [0.25, 0.3) is 0 Å². The van der Waals surface area contributed by atoms with Gasteiger partial charge in [0.2, 0.25) is 10.3 Å². The Morgan fingerprint density at radius 3 is 2.00 bits per heavy atom. The first-order valence-corrected chi connectivity index (χ1v) is 6.32. The average Bonchev–Trinajstić information content (AvgIpc) is 2.09. The van der Waals surface area contributed by atoms with E-state index < -0.39 is 10.3 Å². The normalized spacial score (nSPS) is 9.92. The molecule has 0 aromatic rings. The minimum atomic E-state index is -1.95. The second kappa shape index (κ2) is 9.78. The van der Waals surface area contributed by atoms with Gasteiger partial charge in [-0.05, 0) is 12.8 Å². The molecule has 78 valence electrons. The topological polar surface area (TPSA) is 34.1 Å². The highest BCUT2D eigenvalue weighted by atomic mass is 32.2. The van der Waals surface area contributed by atoms with Crippen LogP contribution in [0.3, 0.4) is 0 Å². The van der Waals surface area contributed by atoms with Gasteiger partial charge in [-0.1, -0.05) is 45.4 Å². The maximum absolute atomic E-state index is 10.1. The minimum Gasteiger partial charge on any atom is -0.185 e. The van der Waals surface area contributed by atoms with Crippen molar-refractivity contribution in [3.63, 3.8) is 0 Å². The first-order chi connectivity index (χ1) is 6.27. The Kier molecular flexibility index (Phi) is 9.54. The van der Waals surface area contributed by atoms with Crippen LogP contribution in [0.25, 0.3) is 0 Å². The van der Waals surface area contributed by atoms with Crippen molar-refractivity contribution in [1.82, 2.24) is 0 Å². The Hall–Kier alpha value is -0.310. The Labute approximate surface area is 82.9 Å². The van der Waals surface area contributed by atoms with E-state index in [2.05, 4.69) is 6.92 Å². The first-order valence-electron chi connectivity index (χ1n) is 5.18. The maximum Gasteiger partial charge on any atom is 0.209 e. The van der Waals surface area contributed by atoms with Gasteiger partial charge in [0, 0.05) is 5.37 Å². The van der Waals surface area contributed by atoms with Crippen LogP contribution in [0, 0.1) is 0 Å². The van der Waals surface area contributed by atoms with Gasteiger partial charge < -0.3 is 0 Å². The van der Waals surface area contributed by atoms with Crippen LogP contribution in [-0.4, -0.2) is 13.8 Å². The summed E-state index contributed by atoms with van der Waals surface area (Å²) in [6, 6.07) is 0. The Morgan fingerprint density at radius 2 is 1.46 bits per heavy atom. The van der Waals surface area contributed by atoms with E-state index in [4.69, 9.17) is 0 Å². The second-order valence-electron chi connectivity index (χ2n) is 3.34. The van der Waals surface area contributed by atoms with Gasteiger partial charge in [-0.25, -0.2) is 0 Å². The van der Waals surface area contributed by atoms with E-state index in [1.165, 1.54) is 37.5 Å². The summed E-state index contributed by atoms with van der Waals surface area (Å²) in [6.07, 6.45) is 9.38. The van der Waals surface area contributed by atoms with Crippen molar-refractivity contribution >= 4 is 15.7 Å². The van der Waals surface area contributed by atoms with Gasteiger partial charge in [-0.15, -0.1) is 0 Å². The predicted octanol–water partition coefficient (Wildman–Crippen LogP) is 2.81. The molecule has 0 N–H and O–H groups in total. The lowest BCUT2D eigenvalue weighted by Gasteiger charge is -1.97. The fraction of sp³-hybridized carbons (Fsp3) is 0.900. The molecule has 0 heterocycles. The lowest BCUT2D eigenvalue weighted by molar-refractivity contribution is 0.596. The third kappa shape index (κ3) is 11.7. The molecule has 3 heteroatoms. The molecular weight excluding hydrogens is 184 g/mol. The lowest BCUT2D eigenvalue weighted by Crippen LogP contribution is -1.81. The SMILES string of the molecule is CCCCCCCCCC=S(=O)=O. The molecule has 0 unspecified atom stereocenters. The van der Waals surface area contributed by atoms with E-state index >= 15 is 0 Å². The van der Waals surface area contributed by atoms with Crippen molar-refractivity contribution in [2.45, 2.75) is 58.3 Å². The van der Waals surface area contributed by atoms with E-state index in [0.29, 0.717) is 6.42 Å². The van der Waals surface area contributed by atoms with E-state index in [0.717, 1.165) is 12.8 Å². The molecule has 0 rings (SSSR count). The molecule has 0 radical (unpaired) electrons. The van der Waals surface area contributed by atoms with E-state index in [9.17, 15) is 8.42 Å². The van der Waals surface area contributed by atoms with Crippen LogP contribution in [0.1, 0.15) is 58.3 Å². The highest BCUT2D eigenvalue weighted by Gasteiger charge is 1.89. The highest BCUT2D eigenvalue weighted by Crippen LogP contribution is 2.07. The van der Waals surface area contributed by atoms with Crippen molar-refractivity contribution in [2.75, 3.05) is 0 Å². The smallest absolute Gasteiger partial charge is 0.185 e. The highest BCUT2D eigenvalue weighted by molar-refractivity contribution is 7.71. The largest absolute Gasteiger partial charge is 0.209 e. The van der Waals surface area contributed by atoms with Crippen LogP contribution in [0.5, 0.6) is 0 Å². The Morgan fingerprint density at radius 1 is 0.923 bits per heavy atom. The predicted molar refractivity (Wildman–Crippen MR) is 57.6 cm³/mol. The minimum absolute atomic E-state index is 0.712. The second-order valence-corrected chi connectivity index (χ2v) is 4.19. The molecule has 0 amide bonds. The van der Waals surface area contributed by atoms with Gasteiger partial charge in [0.15, 0.2) is 0 Å². The van der Waals surface area contributed by atoms with Gasteiger partial charge in [-0.3, -0.25) is 0 Å². The molecule has 0 saturated heterocycles. The zero-order chi connectivity index (χ0) is 9.94. The summed E-state index contributed by atoms with van der Waals surface area (Å²) in [5, 5.41) is 1.35. The molecular formula is C10H20O2S. The number of hydrogen-bond acceptors (Lipinski definition) is 2. The standard InChI is InChI=1S/C10H20O2S/c1-2-3-4-5-6-7-8-9-10-13(11)12/h10H,2-9H2,1H3. The number of hydrogen-bond donors (Lipinski definition) is 0. The third-order valence-electron chi connectivity index (χ3n) is 2.06. The van der Waals surface area contributed by atoms with Crippen molar-refractivity contribution in [3.05, 3.63) is 0 Å². The number of rotatable bonds is 8. The molecule has 0 aromatic carbocycles. The van der Waals surface area contributed by atoms with Gasteiger partial charge in [0.1, 0.15) is 0 Å². The monoisotopic (exact) mass is 204 g/mol. The molecule has 0 aliphatic heterocycles. The third-order valence-corrected chi connectivity index (χ3v) is 2.57. The first kappa shape index (κ1) is 12.7. The average molecular weight is 204 g/mol. The van der Waals surface area contributed by atoms with Crippen LogP contribution in [0.4, 0.5) is 0 Å². The summed E-state index contributed by atoms with van der Waals surface area (Å²) in [5.41, 5.74) is 0. The molecule has 0 saturated carbocycles. The number of unbranched alkanes of at least 4 members (excludes halogenated alkanes) is 7. The van der Waals surface area contributed by atoms with Crippen molar-refractivity contribution in [1.29, 1.82) is 0 Å². The van der Waals surface area contributed by atoms with E-state index in [1.54, 1.807) is 0 Å². The molecule has 13 heavy (non-hydrogen) atoms. The quantitative estimate of drug-likeness (QED) is 0.450. The fourth-order valence-corrected chi connectivity index (χ4v) is 1.64. The van der Waals surface area contributed by atoms with Crippen molar-refractivity contribution in [3.8, 4) is 0 Å². The van der Waals surface area contributed by atoms with Crippen LogP contribution < -0.4 is 0 Å². The van der Waals surface area contributed by atoms with Crippen molar-refractivity contribution < 1.29 is 8.42 Å². The van der Waals surface area contributed by atoms with E-state index in [-0.39, 0.29) is 0 Å². The van der Waals surface area contributed by atoms with Gasteiger partial charge >= 0.3 is 0 Å². The molecule has 0 bridgehead atoms. The van der Waals surface area contributed by atoms with Crippen LogP contribution >= 0.6 is 0 Å². The summed E-state index contributed by atoms with van der Waals surface area (Å²) >= 11 is 0. The van der Waals surface area contributed by atoms with Crippen LogP contribution in [-0.2, 0) is 10.3 Å². The molecule has 0 aliphatic rings. The maximum atomic E-state index is 10.1. The Balaban J connectivity index is 3.04. The molecule has 0 spiro atoms. The summed E-state index contributed by atoms with van der Waals surface area (Å²) in [6.45, 7) is 2.21. The van der Waals surface area contributed by atoms with Crippen LogP contribution in [0.15, 0.2) is 0 Å². The van der Waals surface area contributed by atoms with Gasteiger partial charge in [0.05, 0.1) is 0 Å². The molecule has 0 aromatic heterocycles. The van der Waals surface area contributed by atoms with Crippen LogP contribution in [0.2, 0.25) is 0 Å². The van der Waals surface area contributed by atoms with Crippen molar-refractivity contribution in [2.24, 2.45) is 0 Å². The van der Waals surface area contributed by atoms with E-state index in [1.807, 2.05) is 0 Å².